The van der Waals surface area contributed by atoms with Crippen LogP contribution in [0.25, 0.3) is 0 Å². The topological polar surface area (TPSA) is 90.1 Å². The number of nitro groups is 1. The number of carbonyl (C=O) groups is 1. The minimum Gasteiger partial charge on any atom is -0.358 e. The van der Waals surface area contributed by atoms with Crippen molar-refractivity contribution in [3.63, 3.8) is 0 Å². The Balaban J connectivity index is 2.07. The summed E-state index contributed by atoms with van der Waals surface area (Å²) in [7, 11) is 1.43. The van der Waals surface area contributed by atoms with Crippen LogP contribution in [0.5, 0.6) is 0 Å². The van der Waals surface area contributed by atoms with Gasteiger partial charge in [-0.15, -0.1) is 0 Å². The summed E-state index contributed by atoms with van der Waals surface area (Å²) in [5.41, 5.74) is 0.944. The largest absolute Gasteiger partial charge is 0.358 e. The zero-order valence-corrected chi connectivity index (χ0v) is 10.2. The fraction of sp³-hybridized carbons (Fsp3) is 0.167. The summed E-state index contributed by atoms with van der Waals surface area (Å²) < 4.78 is 1.15. The van der Waals surface area contributed by atoms with Crippen molar-refractivity contribution < 1.29 is 9.72 Å². The number of nitrogens with one attached hydrogen (secondary N) is 1. The third-order valence-electron chi connectivity index (χ3n) is 2.65. The van der Waals surface area contributed by atoms with E-state index in [4.69, 9.17) is 0 Å². The predicted molar refractivity (Wildman–Crippen MR) is 67.5 cm³/mol. The normalized spacial score (nSPS) is 10.2. The number of rotatable bonds is 4. The maximum absolute atomic E-state index is 11.9. The van der Waals surface area contributed by atoms with Crippen LogP contribution >= 0.6 is 0 Å². The Bertz CT molecular complexity index is 607. The molecule has 0 aliphatic heterocycles. The molecule has 0 radical (unpaired) electrons. The van der Waals surface area contributed by atoms with Gasteiger partial charge in [0.15, 0.2) is 0 Å². The number of hydrogen-bond acceptors (Lipinski definition) is 4. The number of benzene rings is 1. The van der Waals surface area contributed by atoms with Gasteiger partial charge in [-0.25, -0.2) is 9.55 Å². The summed E-state index contributed by atoms with van der Waals surface area (Å²) in [4.78, 5) is 25.7. The average Bonchev–Trinajstić information content (AvgIpc) is 2.79. The lowest BCUT2D eigenvalue weighted by Gasteiger charge is -2.03. The monoisotopic (exact) mass is 260 g/mol. The molecule has 7 nitrogen and oxygen atoms in total. The SMILES string of the molecule is Cn1c([N+](=O)[O-])cnc1C(=O)NCc1ccccc1. The summed E-state index contributed by atoms with van der Waals surface area (Å²) in [6.45, 7) is 0.348. The first kappa shape index (κ1) is 12.7. The highest BCUT2D eigenvalue weighted by atomic mass is 16.6. The first-order valence-corrected chi connectivity index (χ1v) is 5.58. The fourth-order valence-electron chi connectivity index (χ4n) is 1.64. The number of hydrogen-bond donors (Lipinski definition) is 1. The van der Waals surface area contributed by atoms with E-state index in [9.17, 15) is 14.9 Å². The van der Waals surface area contributed by atoms with E-state index in [1.807, 2.05) is 30.3 Å². The number of aromatic nitrogens is 2. The molecule has 0 aliphatic carbocycles. The third-order valence-corrected chi connectivity index (χ3v) is 2.65. The van der Waals surface area contributed by atoms with Crippen molar-refractivity contribution in [1.29, 1.82) is 0 Å². The molecule has 1 amide bonds. The van der Waals surface area contributed by atoms with Gasteiger partial charge in [-0.2, -0.15) is 0 Å². The highest BCUT2D eigenvalue weighted by molar-refractivity contribution is 5.91. The Morgan fingerprint density at radius 1 is 1.42 bits per heavy atom. The standard InChI is InChI=1S/C12H12N4O3/c1-15-10(16(18)19)8-13-11(15)12(17)14-7-9-5-3-2-4-6-9/h2-6,8H,7H2,1H3,(H,14,17). The number of carbonyl (C=O) groups excluding carboxylic acids is 1. The van der Waals surface area contributed by atoms with E-state index in [0.717, 1.165) is 16.3 Å². The quantitative estimate of drug-likeness (QED) is 0.661. The number of nitrogens with zero attached hydrogens (tertiary/aromatic N) is 3. The van der Waals surface area contributed by atoms with Crippen molar-refractivity contribution >= 4 is 11.7 Å². The molecule has 0 unspecified atom stereocenters. The summed E-state index contributed by atoms with van der Waals surface area (Å²) in [6.07, 6.45) is 1.07. The van der Waals surface area contributed by atoms with Gasteiger partial charge in [-0.1, -0.05) is 30.3 Å². The van der Waals surface area contributed by atoms with Crippen molar-refractivity contribution in [3.05, 3.63) is 58.0 Å². The van der Waals surface area contributed by atoms with Crippen LogP contribution in [0.4, 0.5) is 5.82 Å². The average molecular weight is 260 g/mol. The van der Waals surface area contributed by atoms with E-state index < -0.39 is 10.8 Å². The molecule has 1 aromatic heterocycles. The van der Waals surface area contributed by atoms with Gasteiger partial charge in [0, 0.05) is 6.54 Å². The summed E-state index contributed by atoms with van der Waals surface area (Å²) in [6, 6.07) is 9.37. The maximum atomic E-state index is 11.9. The molecule has 0 atom stereocenters. The van der Waals surface area contributed by atoms with E-state index in [-0.39, 0.29) is 11.6 Å². The molecule has 0 spiro atoms. The summed E-state index contributed by atoms with van der Waals surface area (Å²) in [5, 5.41) is 13.3. The van der Waals surface area contributed by atoms with Crippen molar-refractivity contribution in [2.24, 2.45) is 7.05 Å². The molecular weight excluding hydrogens is 248 g/mol. The van der Waals surface area contributed by atoms with E-state index in [0.29, 0.717) is 6.54 Å². The van der Waals surface area contributed by atoms with E-state index in [2.05, 4.69) is 10.3 Å². The van der Waals surface area contributed by atoms with Crippen LogP contribution in [0, 0.1) is 10.1 Å². The molecule has 0 fully saturated rings. The van der Waals surface area contributed by atoms with Gasteiger partial charge in [-0.3, -0.25) is 4.79 Å². The van der Waals surface area contributed by atoms with E-state index in [1.165, 1.54) is 7.05 Å². The molecule has 98 valence electrons. The molecule has 0 aliphatic rings. The highest BCUT2D eigenvalue weighted by Gasteiger charge is 2.22. The molecule has 1 heterocycles. The highest BCUT2D eigenvalue weighted by Crippen LogP contribution is 2.11. The Morgan fingerprint density at radius 2 is 2.11 bits per heavy atom. The molecule has 19 heavy (non-hydrogen) atoms. The Morgan fingerprint density at radius 3 is 2.68 bits per heavy atom. The predicted octanol–water partition coefficient (Wildman–Crippen LogP) is 1.26. The summed E-state index contributed by atoms with van der Waals surface area (Å²) >= 11 is 0. The first-order valence-electron chi connectivity index (χ1n) is 5.58. The molecule has 7 heteroatoms. The Kier molecular flexibility index (Phi) is 3.56. The van der Waals surface area contributed by atoms with Gasteiger partial charge in [0.05, 0.1) is 7.05 Å². The van der Waals surface area contributed by atoms with E-state index in [1.54, 1.807) is 0 Å². The first-order chi connectivity index (χ1) is 9.09. The van der Waals surface area contributed by atoms with Gasteiger partial charge in [0.2, 0.25) is 0 Å². The van der Waals surface area contributed by atoms with E-state index >= 15 is 0 Å². The van der Waals surface area contributed by atoms with Crippen molar-refractivity contribution in [3.8, 4) is 0 Å². The van der Waals surface area contributed by atoms with Gasteiger partial charge in [0.25, 0.3) is 5.82 Å². The van der Waals surface area contributed by atoms with Crippen LogP contribution in [-0.4, -0.2) is 20.4 Å². The molecule has 0 saturated carbocycles. The van der Waals surface area contributed by atoms with Crippen LogP contribution in [0.3, 0.4) is 0 Å². The van der Waals surface area contributed by atoms with Crippen LogP contribution in [0.15, 0.2) is 36.5 Å². The number of amides is 1. The van der Waals surface area contributed by atoms with Crippen LogP contribution in [0.2, 0.25) is 0 Å². The van der Waals surface area contributed by atoms with Gasteiger partial charge >= 0.3 is 11.7 Å². The second-order valence-electron chi connectivity index (χ2n) is 3.92. The molecular formula is C12H12N4O3. The maximum Gasteiger partial charge on any atom is 0.343 e. The second-order valence-corrected chi connectivity index (χ2v) is 3.92. The van der Waals surface area contributed by atoms with Crippen molar-refractivity contribution in [2.45, 2.75) is 6.54 Å². The van der Waals surface area contributed by atoms with Gasteiger partial charge < -0.3 is 15.4 Å². The smallest absolute Gasteiger partial charge is 0.343 e. The Hall–Kier alpha value is -2.70. The summed E-state index contributed by atoms with van der Waals surface area (Å²) in [5.74, 6) is -0.646. The van der Waals surface area contributed by atoms with Crippen LogP contribution < -0.4 is 5.32 Å². The second kappa shape index (κ2) is 5.30. The minimum atomic E-state index is -0.582. The molecule has 2 aromatic rings. The molecule has 1 aromatic carbocycles. The minimum absolute atomic E-state index is 0.0163. The Labute approximate surface area is 109 Å². The lowest BCUT2D eigenvalue weighted by Crippen LogP contribution is -2.25. The van der Waals surface area contributed by atoms with Crippen molar-refractivity contribution in [2.75, 3.05) is 0 Å². The fourth-order valence-corrected chi connectivity index (χ4v) is 1.64. The number of imidazole rings is 1. The van der Waals surface area contributed by atoms with Crippen molar-refractivity contribution in [1.82, 2.24) is 14.9 Å². The zero-order chi connectivity index (χ0) is 13.8. The van der Waals surface area contributed by atoms with Gasteiger partial charge in [0.1, 0.15) is 6.20 Å². The lowest BCUT2D eigenvalue weighted by atomic mass is 10.2. The van der Waals surface area contributed by atoms with Crippen LogP contribution in [-0.2, 0) is 13.6 Å². The lowest BCUT2D eigenvalue weighted by molar-refractivity contribution is -0.391. The molecule has 0 bridgehead atoms. The molecule has 2 rings (SSSR count). The molecule has 1 N–H and O–H groups in total. The van der Waals surface area contributed by atoms with Crippen LogP contribution in [0.1, 0.15) is 16.2 Å². The third kappa shape index (κ3) is 2.76. The van der Waals surface area contributed by atoms with Gasteiger partial charge in [-0.05, 0) is 10.5 Å². The molecule has 0 saturated heterocycles. The zero-order valence-electron chi connectivity index (χ0n) is 10.2.